The van der Waals surface area contributed by atoms with Gasteiger partial charge in [-0.05, 0) is 33.6 Å². The summed E-state index contributed by atoms with van der Waals surface area (Å²) in [6.07, 6.45) is 1.07. The highest BCUT2D eigenvalue weighted by molar-refractivity contribution is 5.94. The fraction of sp³-hybridized carbons (Fsp3) is 0.812. The average Bonchev–Trinajstić information content (AvgIpc) is 2.47. The lowest BCUT2D eigenvalue weighted by molar-refractivity contribution is -0.153. The molecule has 0 spiro atoms. The molecule has 0 N–H and O–H groups in total. The Bertz CT molecular complexity index is 377. The summed E-state index contributed by atoms with van der Waals surface area (Å²) in [6.45, 7) is 10.1. The Morgan fingerprint density at radius 3 is 1.77 bits per heavy atom. The minimum atomic E-state index is -0.620. The maximum Gasteiger partial charge on any atom is 0.315 e. The molecule has 6 heteroatoms. The van der Waals surface area contributed by atoms with E-state index < -0.39 is 11.5 Å². The molecule has 0 saturated carbocycles. The lowest BCUT2D eigenvalue weighted by atomic mass is 9.86. The van der Waals surface area contributed by atoms with Gasteiger partial charge in [0, 0.05) is 6.54 Å². The number of carbonyl (C=O) groups excluding carboxylic acids is 3. The van der Waals surface area contributed by atoms with E-state index in [1.807, 2.05) is 20.8 Å². The van der Waals surface area contributed by atoms with Gasteiger partial charge in [-0.2, -0.15) is 0 Å². The van der Waals surface area contributed by atoms with Crippen LogP contribution >= 0.6 is 0 Å². The Hall–Kier alpha value is -1.59. The Labute approximate surface area is 133 Å². The summed E-state index contributed by atoms with van der Waals surface area (Å²) >= 11 is 0. The number of nitrogens with zero attached hydrogens (tertiary/aromatic N) is 1. The van der Waals surface area contributed by atoms with Crippen LogP contribution in [0.3, 0.4) is 0 Å². The van der Waals surface area contributed by atoms with Crippen LogP contribution in [0.5, 0.6) is 0 Å². The van der Waals surface area contributed by atoms with Gasteiger partial charge in [-0.15, -0.1) is 0 Å². The van der Waals surface area contributed by atoms with Gasteiger partial charge in [0.05, 0.1) is 25.2 Å². The van der Waals surface area contributed by atoms with E-state index in [1.54, 1.807) is 18.7 Å². The zero-order valence-corrected chi connectivity index (χ0v) is 14.4. The summed E-state index contributed by atoms with van der Waals surface area (Å²) in [5.74, 6) is -1.18. The summed E-state index contributed by atoms with van der Waals surface area (Å²) in [6, 6.07) is 0. The van der Waals surface area contributed by atoms with E-state index in [0.29, 0.717) is 26.0 Å². The summed E-state index contributed by atoms with van der Waals surface area (Å²) < 4.78 is 9.86. The SMILES string of the molecule is CCOC(=O)CC(=O)N(CC)C(CC)(CC)CC(=O)OCC. The van der Waals surface area contributed by atoms with E-state index in [9.17, 15) is 14.4 Å². The normalized spacial score (nSPS) is 11.0. The van der Waals surface area contributed by atoms with Crippen molar-refractivity contribution in [2.75, 3.05) is 19.8 Å². The highest BCUT2D eigenvalue weighted by atomic mass is 16.5. The minimum Gasteiger partial charge on any atom is -0.466 e. The van der Waals surface area contributed by atoms with Crippen molar-refractivity contribution in [3.63, 3.8) is 0 Å². The maximum atomic E-state index is 12.4. The molecule has 6 nitrogen and oxygen atoms in total. The number of esters is 2. The van der Waals surface area contributed by atoms with Gasteiger partial charge in [0.25, 0.3) is 0 Å². The van der Waals surface area contributed by atoms with E-state index in [2.05, 4.69) is 0 Å². The van der Waals surface area contributed by atoms with Crippen LogP contribution in [0.15, 0.2) is 0 Å². The molecule has 0 bridgehead atoms. The fourth-order valence-corrected chi connectivity index (χ4v) is 2.67. The smallest absolute Gasteiger partial charge is 0.315 e. The number of amides is 1. The van der Waals surface area contributed by atoms with Gasteiger partial charge in [0.2, 0.25) is 5.91 Å². The molecule has 0 aromatic heterocycles. The van der Waals surface area contributed by atoms with E-state index in [-0.39, 0.29) is 31.3 Å². The molecule has 0 aliphatic rings. The molecule has 1 amide bonds. The van der Waals surface area contributed by atoms with Crippen LogP contribution in [-0.4, -0.2) is 48.0 Å². The molecule has 22 heavy (non-hydrogen) atoms. The predicted molar refractivity (Wildman–Crippen MR) is 83.2 cm³/mol. The standard InChI is InChI=1S/C16H29NO5/c1-6-16(7-2,12-15(20)22-10-5)17(8-3)13(18)11-14(19)21-9-4/h6-12H2,1-5H3. The molecule has 0 saturated heterocycles. The van der Waals surface area contributed by atoms with Gasteiger partial charge in [0.15, 0.2) is 0 Å². The topological polar surface area (TPSA) is 72.9 Å². The number of hydrogen-bond donors (Lipinski definition) is 0. The highest BCUT2D eigenvalue weighted by Crippen LogP contribution is 2.29. The van der Waals surface area contributed by atoms with Gasteiger partial charge in [0.1, 0.15) is 6.42 Å². The summed E-state index contributed by atoms with van der Waals surface area (Å²) in [5, 5.41) is 0. The van der Waals surface area contributed by atoms with Crippen molar-refractivity contribution in [1.82, 2.24) is 4.90 Å². The predicted octanol–water partition coefficient (Wildman–Crippen LogP) is 2.30. The lowest BCUT2D eigenvalue weighted by Gasteiger charge is -2.42. The van der Waals surface area contributed by atoms with Crippen LogP contribution in [0.25, 0.3) is 0 Å². The van der Waals surface area contributed by atoms with Crippen LogP contribution in [0.2, 0.25) is 0 Å². The second-order valence-electron chi connectivity index (χ2n) is 5.03. The molecule has 128 valence electrons. The molecule has 0 aliphatic carbocycles. The number of carbonyl (C=O) groups is 3. The first-order chi connectivity index (χ1) is 10.4. The molecular formula is C16H29NO5. The maximum absolute atomic E-state index is 12.4. The minimum absolute atomic E-state index is 0.135. The first-order valence-electron chi connectivity index (χ1n) is 8.02. The third-order valence-electron chi connectivity index (χ3n) is 3.89. The van der Waals surface area contributed by atoms with Crippen LogP contribution in [0, 0.1) is 0 Å². The Kier molecular flexibility index (Phi) is 9.45. The molecule has 0 atom stereocenters. The Morgan fingerprint density at radius 2 is 1.36 bits per heavy atom. The zero-order chi connectivity index (χ0) is 17.2. The third-order valence-corrected chi connectivity index (χ3v) is 3.89. The number of ether oxygens (including phenoxy) is 2. The number of rotatable bonds is 10. The van der Waals surface area contributed by atoms with Crippen LogP contribution in [0.1, 0.15) is 60.3 Å². The summed E-state index contributed by atoms with van der Waals surface area (Å²) in [7, 11) is 0. The quantitative estimate of drug-likeness (QED) is 0.457. The van der Waals surface area contributed by atoms with E-state index in [1.165, 1.54) is 0 Å². The van der Waals surface area contributed by atoms with Gasteiger partial charge < -0.3 is 14.4 Å². The van der Waals surface area contributed by atoms with E-state index >= 15 is 0 Å². The Balaban J connectivity index is 5.18. The van der Waals surface area contributed by atoms with Crippen molar-refractivity contribution in [3.05, 3.63) is 0 Å². The molecule has 0 radical (unpaired) electrons. The van der Waals surface area contributed by atoms with Crippen LogP contribution in [0.4, 0.5) is 0 Å². The molecule has 0 aromatic carbocycles. The monoisotopic (exact) mass is 315 g/mol. The first-order valence-corrected chi connectivity index (χ1v) is 8.02. The number of hydrogen-bond acceptors (Lipinski definition) is 5. The molecular weight excluding hydrogens is 286 g/mol. The fourth-order valence-electron chi connectivity index (χ4n) is 2.67. The molecule has 0 heterocycles. The molecule has 0 aromatic rings. The third kappa shape index (κ3) is 5.66. The average molecular weight is 315 g/mol. The Morgan fingerprint density at radius 1 is 0.864 bits per heavy atom. The summed E-state index contributed by atoms with van der Waals surface area (Å²) in [5.41, 5.74) is -0.620. The van der Waals surface area contributed by atoms with Crippen molar-refractivity contribution in [1.29, 1.82) is 0 Å². The zero-order valence-electron chi connectivity index (χ0n) is 14.4. The molecule has 0 aliphatic heterocycles. The summed E-state index contributed by atoms with van der Waals surface area (Å²) in [4.78, 5) is 37.5. The van der Waals surface area contributed by atoms with Gasteiger partial charge in [-0.3, -0.25) is 14.4 Å². The van der Waals surface area contributed by atoms with Crippen molar-refractivity contribution in [2.45, 2.75) is 65.8 Å². The second kappa shape index (κ2) is 10.2. The largest absolute Gasteiger partial charge is 0.466 e. The molecule has 0 fully saturated rings. The van der Waals surface area contributed by atoms with E-state index in [0.717, 1.165) is 0 Å². The van der Waals surface area contributed by atoms with Crippen molar-refractivity contribution >= 4 is 17.8 Å². The lowest BCUT2D eigenvalue weighted by Crippen LogP contribution is -2.53. The van der Waals surface area contributed by atoms with Crippen molar-refractivity contribution in [3.8, 4) is 0 Å². The van der Waals surface area contributed by atoms with Gasteiger partial charge in [-0.1, -0.05) is 13.8 Å². The highest BCUT2D eigenvalue weighted by Gasteiger charge is 2.38. The molecule has 0 unspecified atom stereocenters. The van der Waals surface area contributed by atoms with Crippen LogP contribution in [-0.2, 0) is 23.9 Å². The second-order valence-corrected chi connectivity index (χ2v) is 5.03. The van der Waals surface area contributed by atoms with Crippen molar-refractivity contribution < 1.29 is 23.9 Å². The van der Waals surface area contributed by atoms with Gasteiger partial charge in [-0.25, -0.2) is 0 Å². The van der Waals surface area contributed by atoms with Gasteiger partial charge >= 0.3 is 11.9 Å². The van der Waals surface area contributed by atoms with Crippen molar-refractivity contribution in [2.24, 2.45) is 0 Å². The molecule has 0 rings (SSSR count). The first kappa shape index (κ1) is 20.4. The van der Waals surface area contributed by atoms with E-state index in [4.69, 9.17) is 9.47 Å². The van der Waals surface area contributed by atoms with Crippen LogP contribution < -0.4 is 0 Å².